The van der Waals surface area contributed by atoms with Crippen LogP contribution in [0.15, 0.2) is 24.3 Å². The quantitative estimate of drug-likeness (QED) is 0.772. The second kappa shape index (κ2) is 4.51. The zero-order valence-corrected chi connectivity index (χ0v) is 8.77. The fourth-order valence-electron chi connectivity index (χ4n) is 1.62. The van der Waals surface area contributed by atoms with Crippen LogP contribution in [0, 0.1) is 0 Å². The third kappa shape index (κ3) is 2.40. The Kier molecular flexibility index (Phi) is 3.08. The summed E-state index contributed by atoms with van der Waals surface area (Å²) in [6, 6.07) is 8.08. The van der Waals surface area contributed by atoms with E-state index in [9.17, 15) is 0 Å². The molecule has 0 spiro atoms. The molecule has 4 nitrogen and oxygen atoms in total. The van der Waals surface area contributed by atoms with Gasteiger partial charge >= 0.3 is 0 Å². The van der Waals surface area contributed by atoms with Crippen LogP contribution in [0.2, 0.25) is 0 Å². The van der Waals surface area contributed by atoms with E-state index in [4.69, 9.17) is 15.2 Å². The number of anilines is 1. The first-order chi connectivity index (χ1) is 7.29. The van der Waals surface area contributed by atoms with E-state index < -0.39 is 0 Å². The standard InChI is InChI=1S/C11H16N2O2/c1-14-9-4-2-8(3-5-9)13-11-7-15-6-10(11)12/h2-5,10-11,13H,6-7,12H2,1H3/t10-,11+/m0/s1. The number of ether oxygens (including phenoxy) is 2. The average Bonchev–Trinajstić information content (AvgIpc) is 2.66. The maximum atomic E-state index is 5.87. The van der Waals surface area contributed by atoms with Gasteiger partial charge in [0.2, 0.25) is 0 Å². The predicted molar refractivity (Wildman–Crippen MR) is 59.2 cm³/mol. The lowest BCUT2D eigenvalue weighted by Crippen LogP contribution is -2.38. The van der Waals surface area contributed by atoms with Crippen molar-refractivity contribution in [2.45, 2.75) is 12.1 Å². The van der Waals surface area contributed by atoms with E-state index in [2.05, 4.69) is 5.32 Å². The van der Waals surface area contributed by atoms with Gasteiger partial charge in [0.25, 0.3) is 0 Å². The molecule has 0 saturated carbocycles. The number of hydrogen-bond acceptors (Lipinski definition) is 4. The minimum atomic E-state index is 0.0760. The first-order valence-electron chi connectivity index (χ1n) is 5.03. The van der Waals surface area contributed by atoms with Crippen LogP contribution in [0.25, 0.3) is 0 Å². The molecule has 15 heavy (non-hydrogen) atoms. The van der Waals surface area contributed by atoms with E-state index in [0.29, 0.717) is 13.2 Å². The van der Waals surface area contributed by atoms with Crippen molar-refractivity contribution in [3.8, 4) is 5.75 Å². The van der Waals surface area contributed by atoms with Crippen molar-refractivity contribution in [3.05, 3.63) is 24.3 Å². The zero-order valence-electron chi connectivity index (χ0n) is 8.77. The molecule has 1 aromatic rings. The topological polar surface area (TPSA) is 56.5 Å². The van der Waals surface area contributed by atoms with Crippen LogP contribution in [0.4, 0.5) is 5.69 Å². The number of nitrogens with one attached hydrogen (secondary N) is 1. The fourth-order valence-corrected chi connectivity index (χ4v) is 1.62. The second-order valence-electron chi connectivity index (χ2n) is 3.68. The predicted octanol–water partition coefficient (Wildman–Crippen LogP) is 0.833. The van der Waals surface area contributed by atoms with Crippen LogP contribution in [-0.2, 0) is 4.74 Å². The molecule has 0 unspecified atom stereocenters. The molecule has 2 rings (SSSR count). The summed E-state index contributed by atoms with van der Waals surface area (Å²) < 4.78 is 10.4. The van der Waals surface area contributed by atoms with Crippen molar-refractivity contribution < 1.29 is 9.47 Å². The molecule has 0 radical (unpaired) electrons. The van der Waals surface area contributed by atoms with Crippen molar-refractivity contribution in [1.82, 2.24) is 0 Å². The van der Waals surface area contributed by atoms with Crippen molar-refractivity contribution >= 4 is 5.69 Å². The highest BCUT2D eigenvalue weighted by Crippen LogP contribution is 2.17. The Hall–Kier alpha value is -1.26. The van der Waals surface area contributed by atoms with Gasteiger partial charge in [-0.25, -0.2) is 0 Å². The molecule has 1 aliphatic heterocycles. The lowest BCUT2D eigenvalue weighted by molar-refractivity contribution is 0.192. The summed E-state index contributed by atoms with van der Waals surface area (Å²) in [4.78, 5) is 0. The summed E-state index contributed by atoms with van der Waals surface area (Å²) in [5, 5.41) is 3.34. The number of rotatable bonds is 3. The molecule has 3 N–H and O–H groups in total. The molecule has 1 fully saturated rings. The normalized spacial score (nSPS) is 25.2. The molecule has 1 saturated heterocycles. The van der Waals surface area contributed by atoms with Crippen LogP contribution in [-0.4, -0.2) is 32.4 Å². The number of nitrogens with two attached hydrogens (primary N) is 1. The molecule has 1 aromatic carbocycles. The summed E-state index contributed by atoms with van der Waals surface area (Å²) >= 11 is 0. The molecular weight excluding hydrogens is 192 g/mol. The van der Waals surface area contributed by atoms with Gasteiger partial charge < -0.3 is 20.5 Å². The molecule has 0 bridgehead atoms. The second-order valence-corrected chi connectivity index (χ2v) is 3.68. The zero-order chi connectivity index (χ0) is 10.7. The molecule has 4 heteroatoms. The monoisotopic (exact) mass is 208 g/mol. The Morgan fingerprint density at radius 2 is 2.07 bits per heavy atom. The van der Waals surface area contributed by atoms with Crippen molar-refractivity contribution in [3.63, 3.8) is 0 Å². The summed E-state index contributed by atoms with van der Waals surface area (Å²) in [6.07, 6.45) is 0. The molecule has 82 valence electrons. The van der Waals surface area contributed by atoms with Gasteiger partial charge in [0.05, 0.1) is 32.4 Å². The van der Waals surface area contributed by atoms with E-state index in [0.717, 1.165) is 11.4 Å². The third-order valence-electron chi connectivity index (χ3n) is 2.57. The minimum Gasteiger partial charge on any atom is -0.497 e. The van der Waals surface area contributed by atoms with Gasteiger partial charge in [0.15, 0.2) is 0 Å². The van der Waals surface area contributed by atoms with Gasteiger partial charge in [0, 0.05) is 5.69 Å². The van der Waals surface area contributed by atoms with E-state index >= 15 is 0 Å². The largest absolute Gasteiger partial charge is 0.497 e. The summed E-state index contributed by atoms with van der Waals surface area (Å²) in [7, 11) is 1.66. The van der Waals surface area contributed by atoms with Crippen LogP contribution in [0.3, 0.4) is 0 Å². The smallest absolute Gasteiger partial charge is 0.119 e. The Morgan fingerprint density at radius 3 is 2.60 bits per heavy atom. The van der Waals surface area contributed by atoms with Crippen LogP contribution >= 0.6 is 0 Å². The van der Waals surface area contributed by atoms with Gasteiger partial charge in [0.1, 0.15) is 5.75 Å². The van der Waals surface area contributed by atoms with Crippen molar-refractivity contribution in [2.24, 2.45) is 5.73 Å². The van der Waals surface area contributed by atoms with Gasteiger partial charge in [-0.15, -0.1) is 0 Å². The van der Waals surface area contributed by atoms with E-state index in [1.54, 1.807) is 7.11 Å². The Balaban J connectivity index is 1.98. The molecule has 0 aliphatic carbocycles. The molecule has 0 amide bonds. The Morgan fingerprint density at radius 1 is 1.33 bits per heavy atom. The SMILES string of the molecule is COc1ccc(N[C@@H]2COC[C@@H]2N)cc1. The van der Waals surface area contributed by atoms with Crippen LogP contribution < -0.4 is 15.8 Å². The lowest BCUT2D eigenvalue weighted by atomic mass is 10.1. The van der Waals surface area contributed by atoms with Crippen molar-refractivity contribution in [1.29, 1.82) is 0 Å². The fraction of sp³-hybridized carbons (Fsp3) is 0.455. The molecular formula is C11H16N2O2. The van der Waals surface area contributed by atoms with Crippen molar-refractivity contribution in [2.75, 3.05) is 25.6 Å². The first kappa shape index (κ1) is 10.3. The molecule has 2 atom stereocenters. The Labute approximate surface area is 89.4 Å². The highest BCUT2D eigenvalue weighted by Gasteiger charge is 2.24. The number of hydrogen-bond donors (Lipinski definition) is 2. The van der Waals surface area contributed by atoms with Gasteiger partial charge in [-0.3, -0.25) is 0 Å². The lowest BCUT2D eigenvalue weighted by Gasteiger charge is -2.16. The van der Waals surface area contributed by atoms with E-state index in [1.807, 2.05) is 24.3 Å². The summed E-state index contributed by atoms with van der Waals surface area (Å²) in [5.41, 5.74) is 6.91. The maximum Gasteiger partial charge on any atom is 0.119 e. The van der Waals surface area contributed by atoms with Crippen LogP contribution in [0.5, 0.6) is 5.75 Å². The first-order valence-corrected chi connectivity index (χ1v) is 5.03. The molecule has 0 aromatic heterocycles. The highest BCUT2D eigenvalue weighted by atomic mass is 16.5. The van der Waals surface area contributed by atoms with Gasteiger partial charge in [-0.05, 0) is 24.3 Å². The summed E-state index contributed by atoms with van der Waals surface area (Å²) in [6.45, 7) is 1.31. The molecule has 1 aliphatic rings. The summed E-state index contributed by atoms with van der Waals surface area (Å²) in [5.74, 6) is 0.854. The van der Waals surface area contributed by atoms with Gasteiger partial charge in [-0.2, -0.15) is 0 Å². The minimum absolute atomic E-state index is 0.0760. The number of benzene rings is 1. The van der Waals surface area contributed by atoms with Gasteiger partial charge in [-0.1, -0.05) is 0 Å². The average molecular weight is 208 g/mol. The van der Waals surface area contributed by atoms with Crippen LogP contribution in [0.1, 0.15) is 0 Å². The number of methoxy groups -OCH3 is 1. The Bertz CT molecular complexity index is 313. The third-order valence-corrected chi connectivity index (χ3v) is 2.57. The van der Waals surface area contributed by atoms with E-state index in [1.165, 1.54) is 0 Å². The maximum absolute atomic E-state index is 5.87. The van der Waals surface area contributed by atoms with E-state index in [-0.39, 0.29) is 12.1 Å². The molecule has 1 heterocycles. The highest BCUT2D eigenvalue weighted by molar-refractivity contribution is 5.47.